The Labute approximate surface area is 96.6 Å². The van der Waals surface area contributed by atoms with E-state index in [2.05, 4.69) is 10.6 Å². The molecule has 0 aromatic heterocycles. The van der Waals surface area contributed by atoms with Crippen molar-refractivity contribution in [1.82, 2.24) is 15.5 Å². The standard InChI is InChI=1S/C11H21N3O2/c1-4-14(3)10(15)7-13-11(16)9-5-6-12-8(9)2/h8-9,12H,4-7H2,1-3H3,(H,13,16). The number of rotatable bonds is 4. The molecule has 1 fully saturated rings. The molecule has 0 saturated carbocycles. The molecule has 5 nitrogen and oxygen atoms in total. The van der Waals surface area contributed by atoms with Gasteiger partial charge in [0.2, 0.25) is 11.8 Å². The molecule has 0 spiro atoms. The highest BCUT2D eigenvalue weighted by molar-refractivity contribution is 5.86. The molecule has 2 amide bonds. The van der Waals surface area contributed by atoms with Gasteiger partial charge in [-0.05, 0) is 26.8 Å². The van der Waals surface area contributed by atoms with E-state index in [1.165, 1.54) is 0 Å². The fourth-order valence-electron chi connectivity index (χ4n) is 1.82. The maximum absolute atomic E-state index is 11.7. The lowest BCUT2D eigenvalue weighted by atomic mass is 10.0. The van der Waals surface area contributed by atoms with Gasteiger partial charge in [-0.1, -0.05) is 0 Å². The van der Waals surface area contributed by atoms with Crippen LogP contribution in [0.25, 0.3) is 0 Å². The molecule has 2 atom stereocenters. The van der Waals surface area contributed by atoms with E-state index in [4.69, 9.17) is 0 Å². The zero-order chi connectivity index (χ0) is 12.1. The molecule has 0 aromatic rings. The second kappa shape index (κ2) is 5.84. The molecule has 1 aliphatic rings. The highest BCUT2D eigenvalue weighted by Gasteiger charge is 2.29. The first-order valence-electron chi connectivity index (χ1n) is 5.81. The van der Waals surface area contributed by atoms with Gasteiger partial charge in [0.15, 0.2) is 0 Å². The summed E-state index contributed by atoms with van der Waals surface area (Å²) in [7, 11) is 1.73. The predicted molar refractivity (Wildman–Crippen MR) is 61.9 cm³/mol. The highest BCUT2D eigenvalue weighted by Crippen LogP contribution is 2.14. The Bertz CT molecular complexity index is 268. The van der Waals surface area contributed by atoms with Crippen molar-refractivity contribution in [3.8, 4) is 0 Å². The van der Waals surface area contributed by atoms with Crippen molar-refractivity contribution in [3.05, 3.63) is 0 Å². The highest BCUT2D eigenvalue weighted by atomic mass is 16.2. The molecule has 0 aromatic carbocycles. The lowest BCUT2D eigenvalue weighted by molar-refractivity contribution is -0.132. The minimum Gasteiger partial charge on any atom is -0.347 e. The van der Waals surface area contributed by atoms with Crippen LogP contribution in [0.3, 0.4) is 0 Å². The van der Waals surface area contributed by atoms with Crippen molar-refractivity contribution >= 4 is 11.8 Å². The van der Waals surface area contributed by atoms with Crippen LogP contribution in [0.2, 0.25) is 0 Å². The lowest BCUT2D eigenvalue weighted by Crippen LogP contribution is -2.42. The normalized spacial score (nSPS) is 24.2. The van der Waals surface area contributed by atoms with Crippen LogP contribution in [0.5, 0.6) is 0 Å². The summed E-state index contributed by atoms with van der Waals surface area (Å²) >= 11 is 0. The zero-order valence-corrected chi connectivity index (χ0v) is 10.2. The number of nitrogens with one attached hydrogen (secondary N) is 2. The molecular formula is C11H21N3O2. The van der Waals surface area contributed by atoms with Gasteiger partial charge < -0.3 is 15.5 Å². The molecule has 1 rings (SSSR count). The summed E-state index contributed by atoms with van der Waals surface area (Å²) in [5.74, 6) is -0.0652. The minimum atomic E-state index is -0.0468. The van der Waals surface area contributed by atoms with Crippen molar-refractivity contribution in [2.24, 2.45) is 5.92 Å². The van der Waals surface area contributed by atoms with E-state index in [1.54, 1.807) is 11.9 Å². The van der Waals surface area contributed by atoms with Crippen molar-refractivity contribution in [2.75, 3.05) is 26.7 Å². The van der Waals surface area contributed by atoms with Gasteiger partial charge in [0.25, 0.3) is 0 Å². The van der Waals surface area contributed by atoms with Crippen LogP contribution in [0, 0.1) is 5.92 Å². The third kappa shape index (κ3) is 3.20. The van der Waals surface area contributed by atoms with E-state index in [0.29, 0.717) is 6.54 Å². The SMILES string of the molecule is CCN(C)C(=O)CNC(=O)C1CCNC1C. The summed E-state index contributed by atoms with van der Waals surface area (Å²) in [6, 6.07) is 0.207. The average molecular weight is 227 g/mol. The number of carbonyl (C=O) groups excluding carboxylic acids is 2. The second-order valence-electron chi connectivity index (χ2n) is 4.26. The number of likely N-dealkylation sites (N-methyl/N-ethyl adjacent to an activating group) is 1. The molecule has 1 heterocycles. The summed E-state index contributed by atoms with van der Waals surface area (Å²) in [5, 5.41) is 5.92. The van der Waals surface area contributed by atoms with Gasteiger partial charge in [0.1, 0.15) is 0 Å². The van der Waals surface area contributed by atoms with Gasteiger partial charge in [-0.25, -0.2) is 0 Å². The van der Waals surface area contributed by atoms with E-state index in [-0.39, 0.29) is 30.3 Å². The largest absolute Gasteiger partial charge is 0.347 e. The number of hydrogen-bond donors (Lipinski definition) is 2. The quantitative estimate of drug-likeness (QED) is 0.685. The molecule has 1 saturated heterocycles. The monoisotopic (exact) mass is 227 g/mol. The summed E-state index contributed by atoms with van der Waals surface area (Å²) in [5.41, 5.74) is 0. The summed E-state index contributed by atoms with van der Waals surface area (Å²) in [6.07, 6.45) is 0.852. The molecular weight excluding hydrogens is 206 g/mol. The third-order valence-corrected chi connectivity index (χ3v) is 3.18. The number of amides is 2. The van der Waals surface area contributed by atoms with Crippen LogP contribution in [-0.4, -0.2) is 49.4 Å². The van der Waals surface area contributed by atoms with Crippen molar-refractivity contribution in [3.63, 3.8) is 0 Å². The minimum absolute atomic E-state index is 0.000248. The molecule has 0 radical (unpaired) electrons. The number of hydrogen-bond acceptors (Lipinski definition) is 3. The first kappa shape index (κ1) is 13.0. The van der Waals surface area contributed by atoms with Gasteiger partial charge >= 0.3 is 0 Å². The first-order chi connectivity index (χ1) is 7.56. The van der Waals surface area contributed by atoms with Crippen molar-refractivity contribution in [2.45, 2.75) is 26.3 Å². The van der Waals surface area contributed by atoms with E-state index in [9.17, 15) is 9.59 Å². The van der Waals surface area contributed by atoms with Crippen LogP contribution < -0.4 is 10.6 Å². The van der Waals surface area contributed by atoms with Crippen LogP contribution in [0.15, 0.2) is 0 Å². The molecule has 2 unspecified atom stereocenters. The van der Waals surface area contributed by atoms with Gasteiger partial charge in [0.05, 0.1) is 12.5 Å². The third-order valence-electron chi connectivity index (χ3n) is 3.18. The van der Waals surface area contributed by atoms with Gasteiger partial charge in [0, 0.05) is 19.6 Å². The zero-order valence-electron chi connectivity index (χ0n) is 10.2. The molecule has 0 bridgehead atoms. The van der Waals surface area contributed by atoms with Crippen molar-refractivity contribution < 1.29 is 9.59 Å². The van der Waals surface area contributed by atoms with Crippen LogP contribution >= 0.6 is 0 Å². The smallest absolute Gasteiger partial charge is 0.241 e. The van der Waals surface area contributed by atoms with E-state index in [1.807, 2.05) is 13.8 Å². The Kier molecular flexibility index (Phi) is 4.73. The van der Waals surface area contributed by atoms with Gasteiger partial charge in [-0.2, -0.15) is 0 Å². The van der Waals surface area contributed by atoms with Gasteiger partial charge in [-0.15, -0.1) is 0 Å². The van der Waals surface area contributed by atoms with Crippen LogP contribution in [0.4, 0.5) is 0 Å². The first-order valence-corrected chi connectivity index (χ1v) is 5.81. The lowest BCUT2D eigenvalue weighted by Gasteiger charge is -2.17. The Hall–Kier alpha value is -1.10. The van der Waals surface area contributed by atoms with Crippen LogP contribution in [0.1, 0.15) is 20.3 Å². The molecule has 16 heavy (non-hydrogen) atoms. The Balaban J connectivity index is 2.32. The molecule has 0 aliphatic carbocycles. The molecule has 5 heteroatoms. The average Bonchev–Trinajstić information content (AvgIpc) is 2.70. The maximum Gasteiger partial charge on any atom is 0.241 e. The predicted octanol–water partition coefficient (Wildman–Crippen LogP) is -0.421. The van der Waals surface area contributed by atoms with Crippen molar-refractivity contribution in [1.29, 1.82) is 0 Å². The summed E-state index contributed by atoms with van der Waals surface area (Å²) < 4.78 is 0. The van der Waals surface area contributed by atoms with Gasteiger partial charge in [-0.3, -0.25) is 9.59 Å². The van der Waals surface area contributed by atoms with E-state index in [0.717, 1.165) is 13.0 Å². The summed E-state index contributed by atoms with van der Waals surface area (Å²) in [4.78, 5) is 24.8. The topological polar surface area (TPSA) is 61.4 Å². The molecule has 2 N–H and O–H groups in total. The Morgan fingerprint density at radius 1 is 1.50 bits per heavy atom. The summed E-state index contributed by atoms with van der Waals surface area (Å²) in [6.45, 7) is 5.55. The molecule has 92 valence electrons. The number of nitrogens with zero attached hydrogens (tertiary/aromatic N) is 1. The van der Waals surface area contributed by atoms with E-state index >= 15 is 0 Å². The van der Waals surface area contributed by atoms with E-state index < -0.39 is 0 Å². The van der Waals surface area contributed by atoms with Crippen LogP contribution in [-0.2, 0) is 9.59 Å². The second-order valence-corrected chi connectivity index (χ2v) is 4.26. The maximum atomic E-state index is 11.7. The Morgan fingerprint density at radius 3 is 2.69 bits per heavy atom. The molecule has 1 aliphatic heterocycles. The number of carbonyl (C=O) groups is 2. The Morgan fingerprint density at radius 2 is 2.19 bits per heavy atom. The fraction of sp³-hybridized carbons (Fsp3) is 0.818. The fourth-order valence-corrected chi connectivity index (χ4v) is 1.82.